The molecule has 0 saturated heterocycles. The van der Waals surface area contributed by atoms with E-state index < -0.39 is 12.5 Å². The lowest BCUT2D eigenvalue weighted by Gasteiger charge is -2.24. The third-order valence-electron chi connectivity index (χ3n) is 4.47. The maximum absolute atomic E-state index is 12.5. The van der Waals surface area contributed by atoms with E-state index in [0.717, 1.165) is 20.5 Å². The van der Waals surface area contributed by atoms with Gasteiger partial charge in [0.2, 0.25) is 0 Å². The highest BCUT2D eigenvalue weighted by atomic mass is 127. The highest BCUT2D eigenvalue weighted by molar-refractivity contribution is 14.1. The Kier molecular flexibility index (Phi) is 5.68. The van der Waals surface area contributed by atoms with E-state index in [-0.39, 0.29) is 11.7 Å². The predicted octanol–water partition coefficient (Wildman–Crippen LogP) is 4.15. The number of fused-ring (bicyclic) bond motifs is 1. The molecule has 0 radical (unpaired) electrons. The molecule has 6 nitrogen and oxygen atoms in total. The topological polar surface area (TPSA) is 85.7 Å². The van der Waals surface area contributed by atoms with Crippen LogP contribution in [0.2, 0.25) is 4.34 Å². The van der Waals surface area contributed by atoms with Gasteiger partial charge in [0.15, 0.2) is 0 Å². The van der Waals surface area contributed by atoms with Crippen LogP contribution < -0.4 is 5.32 Å². The number of halogens is 2. The zero-order valence-electron chi connectivity index (χ0n) is 14.3. The Morgan fingerprint density at radius 3 is 2.79 bits per heavy atom. The Hall–Kier alpha value is -1.56. The van der Waals surface area contributed by atoms with Gasteiger partial charge in [-0.15, -0.1) is 11.3 Å². The molecule has 1 aromatic carbocycles. The average molecular weight is 528 g/mol. The van der Waals surface area contributed by atoms with Crippen molar-refractivity contribution in [2.24, 2.45) is 0 Å². The van der Waals surface area contributed by atoms with Crippen molar-refractivity contribution < 1.29 is 15.0 Å². The molecule has 0 bridgehead atoms. The van der Waals surface area contributed by atoms with Crippen molar-refractivity contribution in [3.8, 4) is 0 Å². The molecular formula is C19H15ClIN3O3S. The summed E-state index contributed by atoms with van der Waals surface area (Å²) < 4.78 is 1.58. The first-order chi connectivity index (χ1) is 13.4. The molecule has 1 amide bonds. The lowest BCUT2D eigenvalue weighted by atomic mass is 10.1. The van der Waals surface area contributed by atoms with Gasteiger partial charge in [-0.1, -0.05) is 23.7 Å². The van der Waals surface area contributed by atoms with Gasteiger partial charge < -0.3 is 15.5 Å². The first-order valence-electron chi connectivity index (χ1n) is 8.36. The highest BCUT2D eigenvalue weighted by Crippen LogP contribution is 2.43. The van der Waals surface area contributed by atoms with Gasteiger partial charge in [0, 0.05) is 27.4 Å². The molecule has 3 aromatic rings. The van der Waals surface area contributed by atoms with Crippen molar-refractivity contribution in [1.82, 2.24) is 9.88 Å². The number of anilines is 1. The van der Waals surface area contributed by atoms with Crippen molar-refractivity contribution in [2.75, 3.05) is 5.32 Å². The van der Waals surface area contributed by atoms with Crippen LogP contribution in [0.15, 0.2) is 48.7 Å². The van der Waals surface area contributed by atoms with Gasteiger partial charge in [-0.3, -0.25) is 4.79 Å². The molecule has 0 aliphatic carbocycles. The summed E-state index contributed by atoms with van der Waals surface area (Å²) in [4.78, 5) is 18.7. The number of aliphatic hydroxyl groups excluding tert-OH is 2. The number of rotatable bonds is 4. The molecule has 144 valence electrons. The van der Waals surface area contributed by atoms with Crippen molar-refractivity contribution in [2.45, 2.75) is 19.0 Å². The van der Waals surface area contributed by atoms with Crippen LogP contribution in [0.5, 0.6) is 0 Å². The molecule has 2 aromatic heterocycles. The van der Waals surface area contributed by atoms with Crippen LogP contribution in [0.3, 0.4) is 0 Å². The molecule has 9 heteroatoms. The predicted molar refractivity (Wildman–Crippen MR) is 116 cm³/mol. The van der Waals surface area contributed by atoms with Crippen LogP contribution in [0.25, 0.3) is 0 Å². The summed E-state index contributed by atoms with van der Waals surface area (Å²) in [5, 5.41) is 24.3. The second-order valence-corrected chi connectivity index (χ2v) is 9.23. The van der Waals surface area contributed by atoms with Crippen LogP contribution in [-0.2, 0) is 6.54 Å². The number of aliphatic hydroxyl groups is 2. The zero-order chi connectivity index (χ0) is 19.8. The molecular weight excluding hydrogens is 513 g/mol. The fourth-order valence-corrected chi connectivity index (χ4v) is 4.73. The average Bonchev–Trinajstić information content (AvgIpc) is 3.20. The van der Waals surface area contributed by atoms with E-state index >= 15 is 0 Å². The van der Waals surface area contributed by atoms with Crippen LogP contribution in [0.1, 0.15) is 38.8 Å². The minimum atomic E-state index is -1.10. The first kappa shape index (κ1) is 19.7. The Balaban J connectivity index is 1.61. The van der Waals surface area contributed by atoms with Gasteiger partial charge in [-0.2, -0.15) is 0 Å². The number of thiophene rings is 1. The zero-order valence-corrected chi connectivity index (χ0v) is 18.1. The highest BCUT2D eigenvalue weighted by Gasteiger charge is 2.39. The summed E-state index contributed by atoms with van der Waals surface area (Å²) in [5.41, 5.74) is 1.88. The van der Waals surface area contributed by atoms with Crippen molar-refractivity contribution in [3.63, 3.8) is 0 Å². The van der Waals surface area contributed by atoms with E-state index in [9.17, 15) is 15.0 Å². The van der Waals surface area contributed by atoms with E-state index in [0.29, 0.717) is 26.9 Å². The standard InChI is InChI=1S/C19H15ClIN3O3S/c20-14-5-4-13(28-14)17(25)23-16-15-12(6-7-22-16)18(26)24(19(15)27)9-10-2-1-3-11(21)8-10/h1-8,18-19,26-27H,9H2,(H,22,23,25). The normalized spacial score (nSPS) is 18.9. The summed E-state index contributed by atoms with van der Waals surface area (Å²) >= 11 is 9.27. The molecule has 1 aliphatic rings. The number of hydrogen-bond acceptors (Lipinski definition) is 6. The molecule has 3 heterocycles. The second kappa shape index (κ2) is 8.05. The van der Waals surface area contributed by atoms with Gasteiger partial charge in [0.25, 0.3) is 5.91 Å². The second-order valence-electron chi connectivity index (χ2n) is 6.27. The smallest absolute Gasteiger partial charge is 0.266 e. The molecule has 3 N–H and O–H groups in total. The minimum Gasteiger partial charge on any atom is -0.374 e. The van der Waals surface area contributed by atoms with Crippen molar-refractivity contribution in [1.29, 1.82) is 0 Å². The molecule has 2 unspecified atom stereocenters. The Labute approximate surface area is 183 Å². The lowest BCUT2D eigenvalue weighted by Crippen LogP contribution is -2.26. The Morgan fingerprint density at radius 1 is 1.25 bits per heavy atom. The van der Waals surface area contributed by atoms with Crippen LogP contribution >= 0.6 is 45.5 Å². The van der Waals surface area contributed by atoms with Gasteiger partial charge in [0.05, 0.1) is 9.21 Å². The number of nitrogens with zero attached hydrogens (tertiary/aromatic N) is 2. The van der Waals surface area contributed by atoms with Crippen LogP contribution in [0, 0.1) is 3.57 Å². The van der Waals surface area contributed by atoms with Crippen molar-refractivity contribution >= 4 is 57.3 Å². The maximum atomic E-state index is 12.5. The van der Waals surface area contributed by atoms with Crippen molar-refractivity contribution in [3.05, 3.63) is 78.1 Å². The van der Waals surface area contributed by atoms with E-state index in [1.54, 1.807) is 23.1 Å². The minimum absolute atomic E-state index is 0.226. The summed E-state index contributed by atoms with van der Waals surface area (Å²) in [6, 6.07) is 12.8. The summed E-state index contributed by atoms with van der Waals surface area (Å²) in [5.74, 6) is -0.140. The van der Waals surface area contributed by atoms with E-state index in [1.807, 2.05) is 24.3 Å². The number of hydrogen-bond donors (Lipinski definition) is 3. The Morgan fingerprint density at radius 2 is 2.07 bits per heavy atom. The number of carbonyl (C=O) groups is 1. The molecule has 0 fully saturated rings. The van der Waals surface area contributed by atoms with E-state index in [4.69, 9.17) is 11.6 Å². The maximum Gasteiger partial charge on any atom is 0.266 e. The lowest BCUT2D eigenvalue weighted by molar-refractivity contribution is -0.0900. The first-order valence-corrected chi connectivity index (χ1v) is 10.6. The largest absolute Gasteiger partial charge is 0.374 e. The molecule has 2 atom stereocenters. The third kappa shape index (κ3) is 3.80. The van der Waals surface area contributed by atoms with Gasteiger partial charge in [0.1, 0.15) is 18.3 Å². The fraction of sp³-hybridized carbons (Fsp3) is 0.158. The summed E-state index contributed by atoms with van der Waals surface area (Å²) in [6.45, 7) is 0.349. The number of aromatic nitrogens is 1. The van der Waals surface area contributed by atoms with Gasteiger partial charge in [-0.05, 0) is 58.5 Å². The number of benzene rings is 1. The molecule has 1 aliphatic heterocycles. The quantitative estimate of drug-likeness (QED) is 0.444. The number of pyridine rings is 1. The summed E-state index contributed by atoms with van der Waals surface area (Å²) in [6.07, 6.45) is -0.600. The third-order valence-corrected chi connectivity index (χ3v) is 6.37. The number of carbonyl (C=O) groups excluding carboxylic acids is 1. The SMILES string of the molecule is O=C(Nc1nccc2c1C(O)N(Cc1cccc(I)c1)C2O)c1ccc(Cl)s1. The van der Waals surface area contributed by atoms with E-state index in [1.165, 1.54) is 6.20 Å². The van der Waals surface area contributed by atoms with Gasteiger partial charge >= 0.3 is 0 Å². The van der Waals surface area contributed by atoms with Crippen LogP contribution in [0.4, 0.5) is 5.82 Å². The molecule has 4 rings (SSSR count). The monoisotopic (exact) mass is 527 g/mol. The fourth-order valence-electron chi connectivity index (χ4n) is 3.19. The Bertz CT molecular complexity index is 1040. The number of amides is 1. The van der Waals surface area contributed by atoms with E-state index in [2.05, 4.69) is 32.9 Å². The van der Waals surface area contributed by atoms with Crippen LogP contribution in [-0.4, -0.2) is 26.0 Å². The molecule has 0 saturated carbocycles. The molecule has 0 spiro atoms. The summed E-state index contributed by atoms with van der Waals surface area (Å²) in [7, 11) is 0. The van der Waals surface area contributed by atoms with Gasteiger partial charge in [-0.25, -0.2) is 9.88 Å². The molecule has 28 heavy (non-hydrogen) atoms. The number of nitrogens with one attached hydrogen (secondary N) is 1.